The molecule has 0 saturated heterocycles. The monoisotopic (exact) mass is 198 g/mol. The van der Waals surface area contributed by atoms with Gasteiger partial charge in [0.05, 0.1) is 0 Å². The Morgan fingerprint density at radius 2 is 1.69 bits per heavy atom. The van der Waals surface area contributed by atoms with Gasteiger partial charge in [0.25, 0.3) is 0 Å². The van der Waals surface area contributed by atoms with E-state index >= 15 is 0 Å². The van der Waals surface area contributed by atoms with E-state index in [0.717, 1.165) is 31.2 Å². The molecule has 0 unspecified atom stereocenters. The molecule has 0 aromatic rings. The summed E-state index contributed by atoms with van der Waals surface area (Å²) in [5, 5.41) is 0. The van der Waals surface area contributed by atoms with Crippen LogP contribution in [0.3, 0.4) is 0 Å². The topological polar surface area (TPSA) is 9.23 Å². The summed E-state index contributed by atoms with van der Waals surface area (Å²) in [6.07, 6.45) is 5.09. The molecule has 13 heavy (non-hydrogen) atoms. The predicted octanol–water partition coefficient (Wildman–Crippen LogP) is 3.75. The first kappa shape index (κ1) is 12.7. The molecule has 0 aromatic carbocycles. The fourth-order valence-corrected chi connectivity index (χ4v) is 4.31. The third kappa shape index (κ3) is 4.43. The van der Waals surface area contributed by atoms with Crippen LogP contribution in [-0.4, -0.2) is 14.9 Å². The van der Waals surface area contributed by atoms with Gasteiger partial charge in [-0.25, -0.2) is 0 Å². The maximum Gasteiger partial charge on any atom is 0.199 e. The van der Waals surface area contributed by atoms with Gasteiger partial charge in [-0.1, -0.05) is 26.0 Å². The van der Waals surface area contributed by atoms with E-state index in [1.807, 2.05) is 12.2 Å². The minimum atomic E-state index is -1.53. The minimum Gasteiger partial charge on any atom is -0.416 e. The molecular formula is C11H22OSi. The van der Waals surface area contributed by atoms with Crippen LogP contribution < -0.4 is 0 Å². The molecule has 0 atom stereocenters. The van der Waals surface area contributed by atoms with Crippen LogP contribution in [0.2, 0.25) is 18.1 Å². The molecule has 0 aliphatic rings. The lowest BCUT2D eigenvalue weighted by Crippen LogP contribution is -2.36. The van der Waals surface area contributed by atoms with E-state index < -0.39 is 8.32 Å². The summed E-state index contributed by atoms with van der Waals surface area (Å²) in [6.45, 7) is 12.9. The zero-order valence-electron chi connectivity index (χ0n) is 9.01. The van der Waals surface area contributed by atoms with Gasteiger partial charge in [-0.15, -0.1) is 13.2 Å². The molecule has 0 aliphatic heterocycles. The standard InChI is InChI=1S/C11H22OSi/c1-5-9-12-13(8-4,10-6-2)11-7-3/h6-7H,2-3,5,8-11H2,1,4H3. The molecule has 1 nitrogen and oxygen atoms in total. The van der Waals surface area contributed by atoms with Gasteiger partial charge in [0.15, 0.2) is 8.32 Å². The summed E-state index contributed by atoms with van der Waals surface area (Å²) >= 11 is 0. The second-order valence-corrected chi connectivity index (χ2v) is 7.55. The summed E-state index contributed by atoms with van der Waals surface area (Å²) in [7, 11) is -1.53. The van der Waals surface area contributed by atoms with Crippen molar-refractivity contribution in [1.29, 1.82) is 0 Å². The van der Waals surface area contributed by atoms with Crippen molar-refractivity contribution in [2.24, 2.45) is 0 Å². The molecule has 0 rings (SSSR count). The SMILES string of the molecule is C=CC[Si](CC)(CC=C)OCCC. The first-order valence-electron chi connectivity index (χ1n) is 5.10. The van der Waals surface area contributed by atoms with E-state index in [4.69, 9.17) is 4.43 Å². The van der Waals surface area contributed by atoms with Gasteiger partial charge < -0.3 is 4.43 Å². The van der Waals surface area contributed by atoms with Crippen molar-refractivity contribution in [1.82, 2.24) is 0 Å². The van der Waals surface area contributed by atoms with Crippen LogP contribution in [0.4, 0.5) is 0 Å². The quantitative estimate of drug-likeness (QED) is 0.426. The van der Waals surface area contributed by atoms with E-state index in [1.54, 1.807) is 0 Å². The summed E-state index contributed by atoms with van der Waals surface area (Å²) in [5.74, 6) is 0. The van der Waals surface area contributed by atoms with Gasteiger partial charge in [0.2, 0.25) is 0 Å². The Balaban J connectivity index is 4.23. The highest BCUT2D eigenvalue weighted by molar-refractivity contribution is 6.74. The van der Waals surface area contributed by atoms with Gasteiger partial charge in [0.1, 0.15) is 0 Å². The number of hydrogen-bond acceptors (Lipinski definition) is 1. The zero-order valence-corrected chi connectivity index (χ0v) is 10.0. The molecule has 0 fully saturated rings. The molecule has 0 aliphatic carbocycles. The van der Waals surface area contributed by atoms with Crippen LogP contribution in [0.1, 0.15) is 20.3 Å². The number of rotatable bonds is 8. The number of allylic oxidation sites excluding steroid dienone is 2. The third-order valence-corrected chi connectivity index (χ3v) is 6.46. The normalized spacial score (nSPS) is 11.2. The maximum absolute atomic E-state index is 6.01. The molecule has 0 radical (unpaired) electrons. The van der Waals surface area contributed by atoms with Gasteiger partial charge >= 0.3 is 0 Å². The molecule has 0 aromatic heterocycles. The van der Waals surface area contributed by atoms with Crippen LogP contribution in [0.25, 0.3) is 0 Å². The van der Waals surface area contributed by atoms with E-state index in [2.05, 4.69) is 27.0 Å². The highest BCUT2D eigenvalue weighted by Crippen LogP contribution is 2.23. The molecule has 0 bridgehead atoms. The van der Waals surface area contributed by atoms with Crippen molar-refractivity contribution in [3.8, 4) is 0 Å². The smallest absolute Gasteiger partial charge is 0.199 e. The van der Waals surface area contributed by atoms with Crippen molar-refractivity contribution < 1.29 is 4.43 Å². The second-order valence-electron chi connectivity index (χ2n) is 3.37. The van der Waals surface area contributed by atoms with Gasteiger partial charge in [-0.3, -0.25) is 0 Å². The first-order valence-corrected chi connectivity index (χ1v) is 7.63. The van der Waals surface area contributed by atoms with Crippen molar-refractivity contribution in [2.75, 3.05) is 6.61 Å². The summed E-state index contributed by atoms with van der Waals surface area (Å²) in [6, 6.07) is 3.26. The molecule has 0 saturated carbocycles. The van der Waals surface area contributed by atoms with E-state index in [-0.39, 0.29) is 0 Å². The largest absolute Gasteiger partial charge is 0.416 e. The first-order chi connectivity index (χ1) is 6.24. The van der Waals surface area contributed by atoms with E-state index in [9.17, 15) is 0 Å². The molecule has 2 heteroatoms. The second kappa shape index (κ2) is 7.10. The Morgan fingerprint density at radius 3 is 2.00 bits per heavy atom. The summed E-state index contributed by atoms with van der Waals surface area (Å²) in [4.78, 5) is 0. The Kier molecular flexibility index (Phi) is 6.91. The molecule has 0 heterocycles. The van der Waals surface area contributed by atoms with Crippen LogP contribution in [0, 0.1) is 0 Å². The molecule has 0 N–H and O–H groups in total. The van der Waals surface area contributed by atoms with Gasteiger partial charge in [-0.2, -0.15) is 0 Å². The van der Waals surface area contributed by atoms with E-state index in [1.165, 1.54) is 0 Å². The Labute approximate surface area is 83.6 Å². The lowest BCUT2D eigenvalue weighted by Gasteiger charge is -2.28. The van der Waals surface area contributed by atoms with Crippen molar-refractivity contribution in [3.63, 3.8) is 0 Å². The van der Waals surface area contributed by atoms with Crippen molar-refractivity contribution in [3.05, 3.63) is 25.3 Å². The lowest BCUT2D eigenvalue weighted by atomic mass is 10.5. The van der Waals surface area contributed by atoms with Crippen LogP contribution in [0.5, 0.6) is 0 Å². The van der Waals surface area contributed by atoms with Gasteiger partial charge in [-0.05, 0) is 24.6 Å². The van der Waals surface area contributed by atoms with Crippen LogP contribution >= 0.6 is 0 Å². The Hall–Kier alpha value is -0.343. The Bertz CT molecular complexity index is 144. The maximum atomic E-state index is 6.01. The highest BCUT2D eigenvalue weighted by atomic mass is 28.4. The molecule has 0 spiro atoms. The molecule has 76 valence electrons. The molecular weight excluding hydrogens is 176 g/mol. The minimum absolute atomic E-state index is 0.891. The third-order valence-electron chi connectivity index (χ3n) is 2.29. The summed E-state index contributed by atoms with van der Waals surface area (Å²) < 4.78 is 6.01. The number of hydrogen-bond donors (Lipinski definition) is 0. The average molecular weight is 198 g/mol. The highest BCUT2D eigenvalue weighted by Gasteiger charge is 2.29. The van der Waals surface area contributed by atoms with Crippen LogP contribution in [0.15, 0.2) is 25.3 Å². The fourth-order valence-electron chi connectivity index (χ4n) is 1.44. The van der Waals surface area contributed by atoms with Crippen LogP contribution in [-0.2, 0) is 4.43 Å². The Morgan fingerprint density at radius 1 is 1.15 bits per heavy atom. The van der Waals surface area contributed by atoms with E-state index in [0.29, 0.717) is 0 Å². The predicted molar refractivity (Wildman–Crippen MR) is 62.5 cm³/mol. The fraction of sp³-hybridized carbons (Fsp3) is 0.636. The molecule has 0 amide bonds. The summed E-state index contributed by atoms with van der Waals surface area (Å²) in [5.41, 5.74) is 0. The van der Waals surface area contributed by atoms with Crippen molar-refractivity contribution >= 4 is 8.32 Å². The lowest BCUT2D eigenvalue weighted by molar-refractivity contribution is 0.302. The van der Waals surface area contributed by atoms with Gasteiger partial charge in [0, 0.05) is 6.61 Å². The average Bonchev–Trinajstić information content (AvgIpc) is 2.15. The zero-order chi connectivity index (χ0) is 10.2. The van der Waals surface area contributed by atoms with Crippen molar-refractivity contribution in [2.45, 2.75) is 38.4 Å².